The van der Waals surface area contributed by atoms with Crippen molar-refractivity contribution in [1.29, 1.82) is 0 Å². The van der Waals surface area contributed by atoms with Gasteiger partial charge in [0.25, 0.3) is 17.4 Å². The number of non-ortho nitro benzene ring substituents is 1. The second kappa shape index (κ2) is 9.40. The van der Waals surface area contributed by atoms with Crippen LogP contribution in [0.2, 0.25) is 5.02 Å². The Morgan fingerprint density at radius 1 is 1.00 bits per heavy atom. The molecule has 1 aliphatic rings. The minimum atomic E-state index is -1.06. The van der Waals surface area contributed by atoms with E-state index in [1.54, 1.807) is 24.3 Å². The molecule has 35 heavy (non-hydrogen) atoms. The number of ketones is 1. The maximum atomic E-state index is 13.2. The number of hydrogen-bond donors (Lipinski definition) is 2. The van der Waals surface area contributed by atoms with E-state index in [2.05, 4.69) is 5.32 Å². The SMILES string of the molecule is CC(=O)Nc1ccc(N2C(=O)C(=O)C(=C(O)c3ccc(Cl)cc3)[C@H]2c2ccc([N+](=O)[O-])cc2)cc1. The van der Waals surface area contributed by atoms with Gasteiger partial charge in [0.15, 0.2) is 0 Å². The highest BCUT2D eigenvalue weighted by molar-refractivity contribution is 6.51. The van der Waals surface area contributed by atoms with Crippen LogP contribution >= 0.6 is 11.6 Å². The van der Waals surface area contributed by atoms with E-state index in [1.165, 1.54) is 60.4 Å². The number of carbonyl (C=O) groups is 3. The number of amides is 2. The van der Waals surface area contributed by atoms with Gasteiger partial charge in [0.2, 0.25) is 5.91 Å². The smallest absolute Gasteiger partial charge is 0.300 e. The molecule has 0 radical (unpaired) electrons. The lowest BCUT2D eigenvalue weighted by atomic mass is 9.95. The Morgan fingerprint density at radius 2 is 1.60 bits per heavy atom. The number of Topliss-reactive ketones (excluding diaryl/α,β-unsaturated/α-hetero) is 1. The Labute approximate surface area is 204 Å². The van der Waals surface area contributed by atoms with Crippen molar-refractivity contribution in [2.75, 3.05) is 10.2 Å². The van der Waals surface area contributed by atoms with Gasteiger partial charge in [-0.25, -0.2) is 0 Å². The molecule has 0 saturated carbocycles. The van der Waals surface area contributed by atoms with Crippen LogP contribution in [0.1, 0.15) is 24.1 Å². The summed E-state index contributed by atoms with van der Waals surface area (Å²) in [6.07, 6.45) is 0. The Kier molecular flexibility index (Phi) is 6.35. The van der Waals surface area contributed by atoms with Crippen molar-refractivity contribution in [3.8, 4) is 0 Å². The Bertz CT molecular complexity index is 1370. The number of anilines is 2. The molecule has 3 aromatic carbocycles. The monoisotopic (exact) mass is 491 g/mol. The molecule has 0 aromatic heterocycles. The number of benzene rings is 3. The molecule has 2 amide bonds. The average molecular weight is 492 g/mol. The predicted octanol–water partition coefficient (Wildman–Crippen LogP) is 4.83. The summed E-state index contributed by atoms with van der Waals surface area (Å²) in [5, 5.41) is 25.2. The van der Waals surface area contributed by atoms with E-state index < -0.39 is 28.4 Å². The van der Waals surface area contributed by atoms with Crippen LogP contribution < -0.4 is 10.2 Å². The molecule has 9 nitrogen and oxygen atoms in total. The van der Waals surface area contributed by atoms with Gasteiger partial charge >= 0.3 is 0 Å². The van der Waals surface area contributed by atoms with Gasteiger partial charge in [-0.3, -0.25) is 29.4 Å². The van der Waals surface area contributed by atoms with Gasteiger partial charge in [0.05, 0.1) is 16.5 Å². The summed E-state index contributed by atoms with van der Waals surface area (Å²) in [4.78, 5) is 49.4. The molecule has 1 heterocycles. The number of nitro groups is 1. The van der Waals surface area contributed by atoms with E-state index in [1.807, 2.05) is 0 Å². The van der Waals surface area contributed by atoms with Crippen molar-refractivity contribution in [2.45, 2.75) is 13.0 Å². The number of halogens is 1. The molecule has 2 N–H and O–H groups in total. The standard InChI is InChI=1S/C25H18ClN3O6/c1-14(30)27-18-8-12-19(13-9-18)28-22(15-4-10-20(11-5-15)29(34)35)21(24(32)25(28)33)23(31)16-2-6-17(26)7-3-16/h2-13,22,31H,1H3,(H,27,30)/t22-/m1/s1. The van der Waals surface area contributed by atoms with Crippen LogP contribution in [0.15, 0.2) is 78.4 Å². The Hall–Kier alpha value is -4.50. The highest BCUT2D eigenvalue weighted by atomic mass is 35.5. The quantitative estimate of drug-likeness (QED) is 0.173. The topological polar surface area (TPSA) is 130 Å². The number of hydrogen-bond acceptors (Lipinski definition) is 6. The summed E-state index contributed by atoms with van der Waals surface area (Å²) >= 11 is 5.93. The molecule has 0 bridgehead atoms. The minimum absolute atomic E-state index is 0.164. The van der Waals surface area contributed by atoms with E-state index >= 15 is 0 Å². The molecular formula is C25H18ClN3O6. The minimum Gasteiger partial charge on any atom is -0.507 e. The maximum Gasteiger partial charge on any atom is 0.300 e. The molecule has 1 fully saturated rings. The van der Waals surface area contributed by atoms with Gasteiger partial charge in [-0.15, -0.1) is 0 Å². The summed E-state index contributed by atoms with van der Waals surface area (Å²) in [5.41, 5.74) is 1.15. The molecule has 1 atom stereocenters. The Balaban J connectivity index is 1.87. The van der Waals surface area contributed by atoms with E-state index in [4.69, 9.17) is 11.6 Å². The van der Waals surface area contributed by atoms with Gasteiger partial charge in [0, 0.05) is 41.0 Å². The number of nitrogens with one attached hydrogen (secondary N) is 1. The number of nitrogens with zero attached hydrogens (tertiary/aromatic N) is 2. The van der Waals surface area contributed by atoms with Crippen LogP contribution in [0.4, 0.5) is 17.1 Å². The summed E-state index contributed by atoms with van der Waals surface area (Å²) in [7, 11) is 0. The molecule has 0 spiro atoms. The number of carbonyl (C=O) groups excluding carboxylic acids is 3. The van der Waals surface area contributed by atoms with E-state index in [-0.39, 0.29) is 22.7 Å². The van der Waals surface area contributed by atoms with Gasteiger partial charge in [0.1, 0.15) is 5.76 Å². The van der Waals surface area contributed by atoms with Gasteiger partial charge in [-0.05, 0) is 66.2 Å². The van der Waals surface area contributed by atoms with Crippen LogP contribution in [-0.4, -0.2) is 27.6 Å². The molecular weight excluding hydrogens is 474 g/mol. The second-order valence-electron chi connectivity index (χ2n) is 7.75. The molecule has 0 aliphatic carbocycles. The highest BCUT2D eigenvalue weighted by Crippen LogP contribution is 2.42. The molecule has 3 aromatic rings. The molecule has 1 saturated heterocycles. The first kappa shape index (κ1) is 23.7. The number of rotatable bonds is 5. The first-order valence-corrected chi connectivity index (χ1v) is 10.7. The zero-order valence-electron chi connectivity index (χ0n) is 18.3. The van der Waals surface area contributed by atoms with Crippen LogP contribution in [0.25, 0.3) is 5.76 Å². The zero-order chi connectivity index (χ0) is 25.3. The fourth-order valence-electron chi connectivity index (χ4n) is 3.86. The lowest BCUT2D eigenvalue weighted by molar-refractivity contribution is -0.384. The van der Waals surface area contributed by atoms with Crippen molar-refractivity contribution in [3.63, 3.8) is 0 Å². The van der Waals surface area contributed by atoms with Crippen molar-refractivity contribution in [1.82, 2.24) is 0 Å². The van der Waals surface area contributed by atoms with Crippen molar-refractivity contribution in [3.05, 3.63) is 105 Å². The third-order valence-corrected chi connectivity index (χ3v) is 5.70. The molecule has 0 unspecified atom stereocenters. The number of aliphatic hydroxyl groups is 1. The molecule has 4 rings (SSSR count). The summed E-state index contributed by atoms with van der Waals surface area (Å²) in [6, 6.07) is 16.7. The number of aliphatic hydroxyl groups excluding tert-OH is 1. The first-order chi connectivity index (χ1) is 16.7. The van der Waals surface area contributed by atoms with Crippen LogP contribution in [0.5, 0.6) is 0 Å². The second-order valence-corrected chi connectivity index (χ2v) is 8.19. The molecule has 1 aliphatic heterocycles. The molecule has 10 heteroatoms. The fraction of sp³-hybridized carbons (Fsp3) is 0.0800. The zero-order valence-corrected chi connectivity index (χ0v) is 19.0. The van der Waals surface area contributed by atoms with Crippen molar-refractivity contribution in [2.24, 2.45) is 0 Å². The summed E-state index contributed by atoms with van der Waals surface area (Å²) < 4.78 is 0. The van der Waals surface area contributed by atoms with E-state index in [9.17, 15) is 29.6 Å². The van der Waals surface area contributed by atoms with Crippen LogP contribution in [-0.2, 0) is 14.4 Å². The van der Waals surface area contributed by atoms with Gasteiger partial charge < -0.3 is 10.4 Å². The third kappa shape index (κ3) is 4.62. The number of nitro benzene ring substituents is 1. The van der Waals surface area contributed by atoms with Crippen molar-refractivity contribution < 1.29 is 24.4 Å². The largest absolute Gasteiger partial charge is 0.507 e. The van der Waals surface area contributed by atoms with Crippen LogP contribution in [0.3, 0.4) is 0 Å². The highest BCUT2D eigenvalue weighted by Gasteiger charge is 2.47. The Morgan fingerprint density at radius 3 is 2.14 bits per heavy atom. The normalized spacial score (nSPS) is 16.9. The van der Waals surface area contributed by atoms with Gasteiger partial charge in [-0.2, -0.15) is 0 Å². The lowest BCUT2D eigenvalue weighted by Crippen LogP contribution is -2.29. The van der Waals surface area contributed by atoms with Crippen LogP contribution in [0, 0.1) is 10.1 Å². The lowest BCUT2D eigenvalue weighted by Gasteiger charge is -2.25. The third-order valence-electron chi connectivity index (χ3n) is 5.45. The van der Waals surface area contributed by atoms with E-state index in [0.29, 0.717) is 22.0 Å². The average Bonchev–Trinajstić information content (AvgIpc) is 3.10. The summed E-state index contributed by atoms with van der Waals surface area (Å²) in [6.45, 7) is 1.36. The predicted molar refractivity (Wildman–Crippen MR) is 130 cm³/mol. The maximum absolute atomic E-state index is 13.2. The molecule has 176 valence electrons. The van der Waals surface area contributed by atoms with Crippen molar-refractivity contribution >= 4 is 52.0 Å². The fourth-order valence-corrected chi connectivity index (χ4v) is 3.99. The van der Waals surface area contributed by atoms with E-state index in [0.717, 1.165) is 0 Å². The van der Waals surface area contributed by atoms with Gasteiger partial charge in [-0.1, -0.05) is 11.6 Å². The first-order valence-electron chi connectivity index (χ1n) is 10.4. The summed E-state index contributed by atoms with van der Waals surface area (Å²) in [5.74, 6) is -2.46.